The van der Waals surface area contributed by atoms with E-state index in [1.807, 2.05) is 61.3 Å². The minimum atomic E-state index is -0.322. The molecule has 0 radical (unpaired) electrons. The molecule has 2 aromatic rings. The molecular weight excluding hydrogens is 318 g/mol. The molecule has 132 valence electrons. The van der Waals surface area contributed by atoms with E-state index in [4.69, 9.17) is 9.84 Å². The van der Waals surface area contributed by atoms with Gasteiger partial charge in [0.15, 0.2) is 6.61 Å². The molecular formula is C19H23N3O3. The van der Waals surface area contributed by atoms with Gasteiger partial charge in [0.1, 0.15) is 5.75 Å². The van der Waals surface area contributed by atoms with Gasteiger partial charge in [-0.15, -0.1) is 0 Å². The predicted molar refractivity (Wildman–Crippen MR) is 99.2 cm³/mol. The summed E-state index contributed by atoms with van der Waals surface area (Å²) in [6.45, 7) is 2.55. The van der Waals surface area contributed by atoms with Crippen LogP contribution in [0.3, 0.4) is 0 Å². The van der Waals surface area contributed by atoms with Crippen molar-refractivity contribution in [2.45, 2.75) is 6.92 Å². The number of carbonyl (C=O) groups is 1. The van der Waals surface area contributed by atoms with Crippen LogP contribution in [0.4, 0.5) is 5.69 Å². The number of aryl methyl sites for hydroxylation is 1. The van der Waals surface area contributed by atoms with Crippen LogP contribution in [0, 0.1) is 6.92 Å². The highest BCUT2D eigenvalue weighted by Crippen LogP contribution is 2.13. The van der Waals surface area contributed by atoms with Gasteiger partial charge in [-0.25, -0.2) is 5.43 Å². The summed E-state index contributed by atoms with van der Waals surface area (Å²) >= 11 is 0. The number of ether oxygens (including phenoxy) is 1. The van der Waals surface area contributed by atoms with Crippen molar-refractivity contribution in [2.24, 2.45) is 5.10 Å². The molecule has 2 rings (SSSR count). The number of hydrogen-bond acceptors (Lipinski definition) is 5. The molecule has 1 amide bonds. The van der Waals surface area contributed by atoms with Gasteiger partial charge in [0.25, 0.3) is 5.91 Å². The molecule has 0 saturated heterocycles. The van der Waals surface area contributed by atoms with Crippen molar-refractivity contribution in [3.8, 4) is 5.75 Å². The molecule has 0 aliphatic rings. The van der Waals surface area contributed by atoms with Gasteiger partial charge < -0.3 is 14.7 Å². The van der Waals surface area contributed by atoms with E-state index in [9.17, 15) is 4.79 Å². The molecule has 6 nitrogen and oxygen atoms in total. The van der Waals surface area contributed by atoms with Gasteiger partial charge in [0, 0.05) is 19.3 Å². The Kier molecular flexibility index (Phi) is 6.98. The van der Waals surface area contributed by atoms with Crippen molar-refractivity contribution in [3.05, 3.63) is 59.7 Å². The van der Waals surface area contributed by atoms with Crippen LogP contribution in [0.15, 0.2) is 53.6 Å². The summed E-state index contributed by atoms with van der Waals surface area (Å²) in [4.78, 5) is 13.7. The van der Waals surface area contributed by atoms with Gasteiger partial charge >= 0.3 is 0 Å². The fraction of sp³-hybridized carbons (Fsp3) is 0.263. The molecule has 25 heavy (non-hydrogen) atoms. The van der Waals surface area contributed by atoms with Gasteiger partial charge in [0.05, 0.1) is 12.8 Å². The SMILES string of the molecule is Cc1cccc(OCC(=O)N/N=C/c2ccc(N(C)CCO)cc2)c1. The number of hydrogen-bond donors (Lipinski definition) is 2. The van der Waals surface area contributed by atoms with Crippen molar-refractivity contribution in [2.75, 3.05) is 31.7 Å². The minimum absolute atomic E-state index is 0.0916. The third kappa shape index (κ3) is 6.27. The van der Waals surface area contributed by atoms with Gasteiger partial charge in [-0.1, -0.05) is 24.3 Å². The number of likely N-dealkylation sites (N-methyl/N-ethyl adjacent to an activating group) is 1. The number of benzene rings is 2. The monoisotopic (exact) mass is 341 g/mol. The molecule has 2 N–H and O–H groups in total. The minimum Gasteiger partial charge on any atom is -0.484 e. The van der Waals surface area contributed by atoms with E-state index in [1.165, 1.54) is 0 Å². The summed E-state index contributed by atoms with van der Waals surface area (Å²) in [6.07, 6.45) is 1.57. The van der Waals surface area contributed by atoms with E-state index in [0.29, 0.717) is 12.3 Å². The van der Waals surface area contributed by atoms with Crippen molar-refractivity contribution >= 4 is 17.8 Å². The highest BCUT2D eigenvalue weighted by Gasteiger charge is 2.02. The van der Waals surface area contributed by atoms with Crippen LogP contribution in [0.25, 0.3) is 0 Å². The Hall–Kier alpha value is -2.86. The highest BCUT2D eigenvalue weighted by molar-refractivity contribution is 5.83. The molecule has 0 aromatic heterocycles. The maximum atomic E-state index is 11.7. The number of aliphatic hydroxyl groups is 1. The lowest BCUT2D eigenvalue weighted by Crippen LogP contribution is -2.24. The van der Waals surface area contributed by atoms with Crippen LogP contribution in [-0.2, 0) is 4.79 Å². The van der Waals surface area contributed by atoms with Crippen molar-refractivity contribution in [1.82, 2.24) is 5.43 Å². The number of nitrogens with one attached hydrogen (secondary N) is 1. The second-order valence-electron chi connectivity index (χ2n) is 5.64. The molecule has 0 unspecified atom stereocenters. The number of carbonyl (C=O) groups excluding carboxylic acids is 1. The van der Waals surface area contributed by atoms with E-state index >= 15 is 0 Å². The quantitative estimate of drug-likeness (QED) is 0.568. The molecule has 0 spiro atoms. The molecule has 0 saturated carbocycles. The Bertz CT molecular complexity index is 714. The number of hydrazone groups is 1. The Labute approximate surface area is 147 Å². The Morgan fingerprint density at radius 3 is 2.72 bits per heavy atom. The zero-order valence-corrected chi connectivity index (χ0v) is 14.5. The van der Waals surface area contributed by atoms with Crippen LogP contribution >= 0.6 is 0 Å². The number of nitrogens with zero attached hydrogens (tertiary/aromatic N) is 2. The molecule has 0 aliphatic heterocycles. The second kappa shape index (κ2) is 9.44. The van der Waals surface area contributed by atoms with Crippen molar-refractivity contribution in [3.63, 3.8) is 0 Å². The standard InChI is InChI=1S/C19H23N3O3/c1-15-4-3-5-18(12-15)25-14-19(24)21-20-13-16-6-8-17(9-7-16)22(2)10-11-23/h3-9,12-13,23H,10-11,14H2,1-2H3,(H,21,24)/b20-13+. The highest BCUT2D eigenvalue weighted by atomic mass is 16.5. The predicted octanol–water partition coefficient (Wildman–Crippen LogP) is 1.95. The van der Waals surface area contributed by atoms with Gasteiger partial charge in [-0.3, -0.25) is 4.79 Å². The summed E-state index contributed by atoms with van der Waals surface area (Å²) < 4.78 is 5.40. The molecule has 0 atom stereocenters. The average Bonchev–Trinajstić information content (AvgIpc) is 2.61. The third-order valence-corrected chi connectivity index (χ3v) is 3.53. The Balaban J connectivity index is 1.79. The van der Waals surface area contributed by atoms with E-state index in [0.717, 1.165) is 16.8 Å². The first-order valence-electron chi connectivity index (χ1n) is 8.02. The molecule has 0 aliphatic carbocycles. The lowest BCUT2D eigenvalue weighted by atomic mass is 10.2. The summed E-state index contributed by atoms with van der Waals surface area (Å²) in [5.41, 5.74) is 5.37. The van der Waals surface area contributed by atoms with Crippen molar-refractivity contribution < 1.29 is 14.6 Å². The zero-order valence-electron chi connectivity index (χ0n) is 14.5. The van der Waals surface area contributed by atoms with Crippen LogP contribution < -0.4 is 15.1 Å². The average molecular weight is 341 g/mol. The van der Waals surface area contributed by atoms with Gasteiger partial charge in [-0.2, -0.15) is 5.10 Å². The van der Waals surface area contributed by atoms with E-state index < -0.39 is 0 Å². The second-order valence-corrected chi connectivity index (χ2v) is 5.64. The van der Waals surface area contributed by atoms with Crippen LogP contribution in [0.1, 0.15) is 11.1 Å². The zero-order chi connectivity index (χ0) is 18.1. The lowest BCUT2D eigenvalue weighted by molar-refractivity contribution is -0.123. The van der Waals surface area contributed by atoms with Crippen LogP contribution in [0.2, 0.25) is 0 Å². The van der Waals surface area contributed by atoms with Gasteiger partial charge in [-0.05, 0) is 42.3 Å². The largest absolute Gasteiger partial charge is 0.484 e. The maximum absolute atomic E-state index is 11.7. The third-order valence-electron chi connectivity index (χ3n) is 3.53. The molecule has 0 bridgehead atoms. The lowest BCUT2D eigenvalue weighted by Gasteiger charge is -2.17. The summed E-state index contributed by atoms with van der Waals surface area (Å²) in [7, 11) is 1.91. The van der Waals surface area contributed by atoms with E-state index in [1.54, 1.807) is 12.3 Å². The molecule has 2 aromatic carbocycles. The normalized spacial score (nSPS) is 10.7. The Morgan fingerprint density at radius 1 is 1.28 bits per heavy atom. The molecule has 0 fully saturated rings. The maximum Gasteiger partial charge on any atom is 0.277 e. The first-order chi connectivity index (χ1) is 12.1. The van der Waals surface area contributed by atoms with Gasteiger partial charge in [0.2, 0.25) is 0 Å². The fourth-order valence-corrected chi connectivity index (χ4v) is 2.16. The van der Waals surface area contributed by atoms with E-state index in [2.05, 4.69) is 10.5 Å². The summed E-state index contributed by atoms with van der Waals surface area (Å²) in [5.74, 6) is 0.332. The van der Waals surface area contributed by atoms with Crippen LogP contribution in [0.5, 0.6) is 5.75 Å². The topological polar surface area (TPSA) is 74.2 Å². The molecule has 6 heteroatoms. The number of rotatable bonds is 8. The first-order valence-corrected chi connectivity index (χ1v) is 8.02. The fourth-order valence-electron chi connectivity index (χ4n) is 2.16. The van der Waals surface area contributed by atoms with Crippen LogP contribution in [-0.4, -0.2) is 44.0 Å². The molecule has 0 heterocycles. The smallest absolute Gasteiger partial charge is 0.277 e. The Morgan fingerprint density at radius 2 is 2.04 bits per heavy atom. The van der Waals surface area contributed by atoms with E-state index in [-0.39, 0.29) is 19.1 Å². The number of amides is 1. The number of aliphatic hydroxyl groups excluding tert-OH is 1. The summed E-state index contributed by atoms with van der Waals surface area (Å²) in [5, 5.41) is 12.9. The summed E-state index contributed by atoms with van der Waals surface area (Å²) in [6, 6.07) is 15.2. The van der Waals surface area contributed by atoms with Crippen molar-refractivity contribution in [1.29, 1.82) is 0 Å². The number of anilines is 1. The first kappa shape index (κ1) is 18.5.